The molecule has 98 valence electrons. The Morgan fingerprint density at radius 1 is 1.26 bits per heavy atom. The summed E-state index contributed by atoms with van der Waals surface area (Å²) in [7, 11) is 0. The first-order chi connectivity index (χ1) is 9.11. The van der Waals surface area contributed by atoms with Crippen LogP contribution in [0.5, 0.6) is 0 Å². The van der Waals surface area contributed by atoms with Crippen LogP contribution in [0.1, 0.15) is 22.8 Å². The molecule has 0 aliphatic heterocycles. The molecule has 1 N–H and O–H groups in total. The van der Waals surface area contributed by atoms with Crippen LogP contribution in [0.4, 0.5) is 10.1 Å². The Balaban J connectivity index is 2.28. The van der Waals surface area contributed by atoms with E-state index in [1.807, 2.05) is 25.1 Å². The van der Waals surface area contributed by atoms with E-state index in [0.717, 1.165) is 12.0 Å². The fourth-order valence-corrected chi connectivity index (χ4v) is 1.98. The molecular formula is C15H13ClFNO. The van der Waals surface area contributed by atoms with Gasteiger partial charge in [-0.3, -0.25) is 4.79 Å². The van der Waals surface area contributed by atoms with Crippen LogP contribution < -0.4 is 5.32 Å². The van der Waals surface area contributed by atoms with Crippen LogP contribution >= 0.6 is 11.6 Å². The number of carbonyl (C=O) groups excluding carboxylic acids is 1. The van der Waals surface area contributed by atoms with Crippen molar-refractivity contribution in [3.8, 4) is 0 Å². The zero-order chi connectivity index (χ0) is 13.8. The number of anilines is 1. The Morgan fingerprint density at radius 3 is 2.74 bits per heavy atom. The van der Waals surface area contributed by atoms with Gasteiger partial charge in [-0.05, 0) is 36.2 Å². The molecular weight excluding hydrogens is 265 g/mol. The van der Waals surface area contributed by atoms with Gasteiger partial charge in [0.05, 0.1) is 5.56 Å². The highest BCUT2D eigenvalue weighted by Crippen LogP contribution is 2.19. The molecule has 2 aromatic carbocycles. The zero-order valence-corrected chi connectivity index (χ0v) is 11.2. The van der Waals surface area contributed by atoms with Gasteiger partial charge >= 0.3 is 0 Å². The van der Waals surface area contributed by atoms with Crippen LogP contribution in [-0.2, 0) is 6.42 Å². The maximum Gasteiger partial charge on any atom is 0.258 e. The Morgan fingerprint density at radius 2 is 2.00 bits per heavy atom. The fourth-order valence-electron chi connectivity index (χ4n) is 1.81. The summed E-state index contributed by atoms with van der Waals surface area (Å²) in [6, 6.07) is 11.3. The van der Waals surface area contributed by atoms with Crippen molar-refractivity contribution < 1.29 is 9.18 Å². The smallest absolute Gasteiger partial charge is 0.258 e. The number of nitrogens with one attached hydrogen (secondary N) is 1. The molecule has 2 nitrogen and oxygen atoms in total. The van der Waals surface area contributed by atoms with E-state index in [9.17, 15) is 9.18 Å². The van der Waals surface area contributed by atoms with Gasteiger partial charge < -0.3 is 5.32 Å². The van der Waals surface area contributed by atoms with Crippen LogP contribution in [0.3, 0.4) is 0 Å². The van der Waals surface area contributed by atoms with E-state index in [2.05, 4.69) is 5.32 Å². The van der Waals surface area contributed by atoms with E-state index >= 15 is 0 Å². The molecule has 0 fully saturated rings. The molecule has 0 atom stereocenters. The summed E-state index contributed by atoms with van der Waals surface area (Å²) in [4.78, 5) is 12.0. The van der Waals surface area contributed by atoms with Crippen molar-refractivity contribution in [3.63, 3.8) is 0 Å². The second-order valence-corrected chi connectivity index (χ2v) is 4.53. The summed E-state index contributed by atoms with van der Waals surface area (Å²) in [5, 5.41) is 3.04. The largest absolute Gasteiger partial charge is 0.322 e. The minimum absolute atomic E-state index is 0.0570. The quantitative estimate of drug-likeness (QED) is 0.891. The molecule has 0 saturated carbocycles. The van der Waals surface area contributed by atoms with E-state index in [-0.39, 0.29) is 5.56 Å². The summed E-state index contributed by atoms with van der Waals surface area (Å²) >= 11 is 5.78. The first kappa shape index (κ1) is 13.6. The van der Waals surface area contributed by atoms with E-state index < -0.39 is 11.7 Å². The number of rotatable bonds is 3. The SMILES string of the molecule is CCc1ccccc1NC(=O)c1cc(Cl)ccc1F. The first-order valence-electron chi connectivity index (χ1n) is 5.96. The topological polar surface area (TPSA) is 29.1 Å². The van der Waals surface area contributed by atoms with E-state index in [4.69, 9.17) is 11.6 Å². The average molecular weight is 278 g/mol. The van der Waals surface area contributed by atoms with Crippen molar-refractivity contribution >= 4 is 23.2 Å². The molecule has 0 saturated heterocycles. The number of benzene rings is 2. The highest BCUT2D eigenvalue weighted by molar-refractivity contribution is 6.31. The molecule has 0 radical (unpaired) electrons. The van der Waals surface area contributed by atoms with Gasteiger partial charge in [0.15, 0.2) is 0 Å². The lowest BCUT2D eigenvalue weighted by atomic mass is 10.1. The van der Waals surface area contributed by atoms with Crippen molar-refractivity contribution in [2.45, 2.75) is 13.3 Å². The Kier molecular flexibility index (Phi) is 4.17. The summed E-state index contributed by atoms with van der Waals surface area (Å²) in [6.07, 6.45) is 0.786. The Hall–Kier alpha value is -1.87. The van der Waals surface area contributed by atoms with Crippen molar-refractivity contribution in [2.75, 3.05) is 5.32 Å². The lowest BCUT2D eigenvalue weighted by molar-refractivity contribution is 0.102. The minimum atomic E-state index is -0.587. The van der Waals surface area contributed by atoms with E-state index in [1.165, 1.54) is 18.2 Å². The number of amides is 1. The maximum absolute atomic E-state index is 13.6. The van der Waals surface area contributed by atoms with E-state index in [0.29, 0.717) is 10.7 Å². The average Bonchev–Trinajstić information content (AvgIpc) is 2.42. The molecule has 0 aliphatic rings. The molecule has 0 bridgehead atoms. The third-order valence-corrected chi connectivity index (χ3v) is 3.05. The number of carbonyl (C=O) groups is 1. The normalized spacial score (nSPS) is 10.3. The monoisotopic (exact) mass is 277 g/mol. The van der Waals surface area contributed by atoms with Crippen LogP contribution in [0.15, 0.2) is 42.5 Å². The number of hydrogen-bond donors (Lipinski definition) is 1. The van der Waals surface area contributed by atoms with Crippen molar-refractivity contribution in [1.82, 2.24) is 0 Å². The second-order valence-electron chi connectivity index (χ2n) is 4.09. The molecule has 4 heteroatoms. The fraction of sp³-hybridized carbons (Fsp3) is 0.133. The molecule has 0 aromatic heterocycles. The van der Waals surface area contributed by atoms with Gasteiger partial charge in [0.2, 0.25) is 0 Å². The molecule has 19 heavy (non-hydrogen) atoms. The van der Waals surface area contributed by atoms with Gasteiger partial charge in [-0.1, -0.05) is 36.7 Å². The lowest BCUT2D eigenvalue weighted by Gasteiger charge is -2.10. The summed E-state index contributed by atoms with van der Waals surface area (Å²) in [5.74, 6) is -1.09. The number of hydrogen-bond acceptors (Lipinski definition) is 1. The molecule has 2 aromatic rings. The van der Waals surface area contributed by atoms with Crippen molar-refractivity contribution in [1.29, 1.82) is 0 Å². The van der Waals surface area contributed by atoms with Gasteiger partial charge in [0.25, 0.3) is 5.91 Å². The van der Waals surface area contributed by atoms with E-state index in [1.54, 1.807) is 6.07 Å². The molecule has 0 heterocycles. The molecule has 0 aliphatic carbocycles. The zero-order valence-electron chi connectivity index (χ0n) is 10.4. The highest BCUT2D eigenvalue weighted by atomic mass is 35.5. The Bertz CT molecular complexity index is 613. The predicted molar refractivity (Wildman–Crippen MR) is 75.2 cm³/mol. The standard InChI is InChI=1S/C15H13ClFNO/c1-2-10-5-3-4-6-14(10)18-15(19)12-9-11(16)7-8-13(12)17/h3-9H,2H2,1H3,(H,18,19). The van der Waals surface area contributed by atoms with Gasteiger partial charge in [-0.15, -0.1) is 0 Å². The Labute approximate surface area is 116 Å². The second kappa shape index (κ2) is 5.85. The molecule has 0 spiro atoms. The van der Waals surface area contributed by atoms with Crippen LogP contribution in [0.25, 0.3) is 0 Å². The van der Waals surface area contributed by atoms with Gasteiger partial charge in [0.1, 0.15) is 5.82 Å². The summed E-state index contributed by atoms with van der Waals surface area (Å²) in [5.41, 5.74) is 1.63. The summed E-state index contributed by atoms with van der Waals surface area (Å²) in [6.45, 7) is 1.99. The molecule has 2 rings (SSSR count). The number of para-hydroxylation sites is 1. The van der Waals surface area contributed by atoms with Gasteiger partial charge in [-0.2, -0.15) is 0 Å². The van der Waals surface area contributed by atoms with Crippen LogP contribution in [-0.4, -0.2) is 5.91 Å². The highest BCUT2D eigenvalue weighted by Gasteiger charge is 2.13. The van der Waals surface area contributed by atoms with Gasteiger partial charge in [-0.25, -0.2) is 4.39 Å². The third kappa shape index (κ3) is 3.12. The lowest BCUT2D eigenvalue weighted by Crippen LogP contribution is -2.14. The maximum atomic E-state index is 13.6. The van der Waals surface area contributed by atoms with Crippen molar-refractivity contribution in [2.24, 2.45) is 0 Å². The van der Waals surface area contributed by atoms with Crippen LogP contribution in [0, 0.1) is 5.82 Å². The third-order valence-electron chi connectivity index (χ3n) is 2.82. The van der Waals surface area contributed by atoms with Gasteiger partial charge in [0, 0.05) is 10.7 Å². The molecule has 0 unspecified atom stereocenters. The predicted octanol–water partition coefficient (Wildman–Crippen LogP) is 4.29. The summed E-state index contributed by atoms with van der Waals surface area (Å²) < 4.78 is 13.6. The van der Waals surface area contributed by atoms with Crippen molar-refractivity contribution in [3.05, 3.63) is 64.4 Å². The molecule has 1 amide bonds. The number of halogens is 2. The van der Waals surface area contributed by atoms with Crippen LogP contribution in [0.2, 0.25) is 5.02 Å². The minimum Gasteiger partial charge on any atom is -0.322 e. The first-order valence-corrected chi connectivity index (χ1v) is 6.34. The number of aryl methyl sites for hydroxylation is 1.